The number of carbonyl (C=O) groups excluding carboxylic acids is 1. The molecule has 2 aromatic heterocycles. The van der Waals surface area contributed by atoms with Crippen molar-refractivity contribution in [3.8, 4) is 22.4 Å². The van der Waals surface area contributed by atoms with E-state index in [1.165, 1.54) is 11.6 Å². The third-order valence-corrected chi connectivity index (χ3v) is 11.8. The summed E-state index contributed by atoms with van der Waals surface area (Å²) in [6, 6.07) is 27.2. The van der Waals surface area contributed by atoms with E-state index in [1.54, 1.807) is 23.5 Å². The predicted octanol–water partition coefficient (Wildman–Crippen LogP) is 15.5. The molecule has 0 fully saturated rings. The Labute approximate surface area is 360 Å². The third-order valence-electron chi connectivity index (χ3n) is 10.7. The monoisotopic (exact) mass is 985 g/mol. The van der Waals surface area contributed by atoms with Crippen molar-refractivity contribution in [1.82, 2.24) is 4.98 Å². The largest absolute Gasteiger partial charge is 0.512 e. The van der Waals surface area contributed by atoms with Crippen LogP contribution in [0, 0.1) is 23.3 Å². The van der Waals surface area contributed by atoms with E-state index in [2.05, 4.69) is 76.9 Å². The maximum Gasteiger partial charge on any atom is 0.418 e. The van der Waals surface area contributed by atoms with Crippen LogP contribution in [0.15, 0.2) is 90.8 Å². The van der Waals surface area contributed by atoms with Gasteiger partial charge in [0.25, 0.3) is 0 Å². The van der Waals surface area contributed by atoms with E-state index >= 15 is 0 Å². The van der Waals surface area contributed by atoms with Crippen LogP contribution in [0.5, 0.6) is 0 Å². The van der Waals surface area contributed by atoms with Crippen molar-refractivity contribution < 1.29 is 43.2 Å². The molecule has 0 saturated carbocycles. The topological polar surface area (TPSA) is 50.2 Å². The molecule has 0 amide bonds. The molecular weight excluding hydrogens is 928 g/mol. The minimum atomic E-state index is -4.54. The number of fused-ring (bicyclic) bond motifs is 4. The number of nitrogens with zero attached hydrogens (tertiary/aromatic N) is 1. The number of pyridine rings is 1. The number of aliphatic hydroxyl groups excluding tert-OH is 1. The molecule has 1 N–H and O–H groups in total. The van der Waals surface area contributed by atoms with Crippen LogP contribution in [0.4, 0.5) is 13.2 Å². The number of aliphatic hydroxyl groups is 1. The summed E-state index contributed by atoms with van der Waals surface area (Å²) < 4.78 is 45.1. The van der Waals surface area contributed by atoms with Crippen LogP contribution < -0.4 is 0 Å². The van der Waals surface area contributed by atoms with Gasteiger partial charge in [-0.1, -0.05) is 129 Å². The Balaban J connectivity index is 0.000000398. The zero-order valence-electron chi connectivity index (χ0n) is 35.5. The van der Waals surface area contributed by atoms with Crippen LogP contribution in [0.3, 0.4) is 0 Å². The molecule has 0 aliphatic carbocycles. The van der Waals surface area contributed by atoms with Gasteiger partial charge >= 0.3 is 6.18 Å². The number of alkyl halides is 3. The van der Waals surface area contributed by atoms with E-state index in [1.807, 2.05) is 64.1 Å². The van der Waals surface area contributed by atoms with Gasteiger partial charge in [-0.25, -0.2) is 0 Å². The first-order valence-corrected chi connectivity index (χ1v) is 21.0. The first-order valence-electron chi connectivity index (χ1n) is 20.2. The number of allylic oxidation sites excluding steroid dienone is 2. The number of ketones is 1. The van der Waals surface area contributed by atoms with Gasteiger partial charge in [0.15, 0.2) is 5.78 Å². The maximum absolute atomic E-state index is 14.3. The zero-order chi connectivity index (χ0) is 41.9. The number of benzene rings is 4. The molecule has 0 atom stereocenters. The second-order valence-electron chi connectivity index (χ2n) is 17.4. The van der Waals surface area contributed by atoms with E-state index in [-0.39, 0.29) is 59.9 Å². The number of carbonyl (C=O) groups is 1. The maximum atomic E-state index is 14.3. The summed E-state index contributed by atoms with van der Waals surface area (Å²) in [5.74, 6) is 0.547. The zero-order valence-corrected chi connectivity index (χ0v) is 38.7. The Morgan fingerprint density at radius 2 is 1.38 bits per heavy atom. The number of rotatable bonds is 10. The van der Waals surface area contributed by atoms with Gasteiger partial charge in [0, 0.05) is 70.1 Å². The predicted molar refractivity (Wildman–Crippen MR) is 235 cm³/mol. The van der Waals surface area contributed by atoms with Gasteiger partial charge in [0.1, 0.15) is 0 Å². The minimum Gasteiger partial charge on any atom is -0.512 e. The minimum absolute atomic E-state index is 0. The van der Waals surface area contributed by atoms with Crippen molar-refractivity contribution in [2.45, 2.75) is 113 Å². The summed E-state index contributed by atoms with van der Waals surface area (Å²) in [7, 11) is 0. The van der Waals surface area contributed by atoms with Crippen LogP contribution in [0.1, 0.15) is 112 Å². The fourth-order valence-corrected chi connectivity index (χ4v) is 8.76. The van der Waals surface area contributed by atoms with Gasteiger partial charge in [0.05, 0.1) is 11.3 Å². The number of aromatic nitrogens is 1. The Kier molecular flexibility index (Phi) is 15.4. The van der Waals surface area contributed by atoms with E-state index in [0.717, 1.165) is 74.8 Å². The first kappa shape index (κ1) is 46.8. The first-order chi connectivity index (χ1) is 26.8. The van der Waals surface area contributed by atoms with Crippen molar-refractivity contribution in [3.63, 3.8) is 0 Å². The number of hydrogen-bond acceptors (Lipinski definition) is 4. The molecule has 0 bridgehead atoms. The molecule has 0 spiro atoms. The quantitative estimate of drug-likeness (QED) is 0.0845. The standard InChI is InChI=1S/C37H33F3NS.C13H24O2.Ir/c1-35(2,3)20-22-11-13-27-28-14-12-24(18-34(28)42-33(27)15-22)29-19-32(41-21-31(29)37(38,39)40)25-16-23-9-7-8-10-26(23)30(17-25)36(4,5)6;1-5-10(6-2)12(14)9-13(15)11(7-3)8-4;/h7-15,17-19,21H,20H2,1-6H3;9-11,14H,5-8H2,1-4H3;/q-1;;/b;12-9-;. The van der Waals surface area contributed by atoms with Gasteiger partial charge in [-0.15, -0.1) is 40.5 Å². The second-order valence-corrected chi connectivity index (χ2v) is 18.5. The van der Waals surface area contributed by atoms with Crippen molar-refractivity contribution >= 4 is 48.1 Å². The van der Waals surface area contributed by atoms with Crippen LogP contribution in [0.25, 0.3) is 53.3 Å². The van der Waals surface area contributed by atoms with Gasteiger partial charge in [-0.3, -0.25) is 9.78 Å². The molecule has 311 valence electrons. The average Bonchev–Trinajstić information content (AvgIpc) is 3.51. The Morgan fingerprint density at radius 1 is 0.776 bits per heavy atom. The summed E-state index contributed by atoms with van der Waals surface area (Å²) in [6.45, 7) is 21.1. The average molecular weight is 985 g/mol. The number of hydrogen-bond donors (Lipinski definition) is 1. The summed E-state index contributed by atoms with van der Waals surface area (Å²) in [5, 5.41) is 13.9. The van der Waals surface area contributed by atoms with Crippen molar-refractivity contribution in [1.29, 1.82) is 0 Å². The molecule has 6 rings (SSSR count). The molecule has 2 heterocycles. The Morgan fingerprint density at radius 3 is 1.97 bits per heavy atom. The fourth-order valence-electron chi connectivity index (χ4n) is 7.55. The SMILES string of the molecule is CC(C)(C)Cc1ccc2c(c1)sc1cc(-c3cc(-c4[c-]c5ccccc5c(C(C)(C)C)c4)ncc3C(F)(F)F)ccc12.CCC(CC)C(=O)/C=C(\O)C(CC)CC.[Ir]. The molecule has 0 aliphatic heterocycles. The van der Waals surface area contributed by atoms with E-state index in [4.69, 9.17) is 0 Å². The van der Waals surface area contributed by atoms with Crippen LogP contribution in [-0.4, -0.2) is 15.9 Å². The van der Waals surface area contributed by atoms with Crippen molar-refractivity contribution in [2.75, 3.05) is 0 Å². The number of thiophene rings is 1. The molecule has 1 radical (unpaired) electrons. The summed E-state index contributed by atoms with van der Waals surface area (Å²) >= 11 is 1.63. The number of halogens is 3. The third kappa shape index (κ3) is 11.0. The molecule has 3 nitrogen and oxygen atoms in total. The summed E-state index contributed by atoms with van der Waals surface area (Å²) in [5.41, 5.74) is 3.43. The normalized spacial score (nSPS) is 12.6. The van der Waals surface area contributed by atoms with Gasteiger partial charge in [0.2, 0.25) is 0 Å². The molecule has 0 unspecified atom stereocenters. The van der Waals surface area contributed by atoms with Crippen LogP contribution in [0.2, 0.25) is 0 Å². The molecular formula is C50H57F3IrNO2S-. The molecule has 0 aliphatic rings. The van der Waals surface area contributed by atoms with Crippen LogP contribution in [-0.2, 0) is 42.9 Å². The molecule has 0 saturated heterocycles. The van der Waals surface area contributed by atoms with Gasteiger partial charge < -0.3 is 5.11 Å². The molecule has 58 heavy (non-hydrogen) atoms. The fraction of sp³-hybridized carbons (Fsp3) is 0.400. The van der Waals surface area contributed by atoms with E-state index in [9.17, 15) is 23.1 Å². The van der Waals surface area contributed by atoms with E-state index < -0.39 is 11.7 Å². The molecule has 4 aromatic carbocycles. The second kappa shape index (κ2) is 19.0. The Bertz CT molecular complexity index is 2390. The molecule has 8 heteroatoms. The van der Waals surface area contributed by atoms with Gasteiger partial charge in [-0.05, 0) is 71.8 Å². The van der Waals surface area contributed by atoms with Gasteiger partial charge in [-0.2, -0.15) is 13.2 Å². The van der Waals surface area contributed by atoms with Crippen molar-refractivity contribution in [3.05, 3.63) is 114 Å². The molecule has 6 aromatic rings. The van der Waals surface area contributed by atoms with Crippen molar-refractivity contribution in [2.24, 2.45) is 17.3 Å². The van der Waals surface area contributed by atoms with E-state index in [0.29, 0.717) is 16.8 Å². The Hall–Kier alpha value is -3.84. The smallest absolute Gasteiger partial charge is 0.418 e. The summed E-state index contributed by atoms with van der Waals surface area (Å²) in [6.07, 6.45) is 2.29. The summed E-state index contributed by atoms with van der Waals surface area (Å²) in [4.78, 5) is 16.0. The van der Waals surface area contributed by atoms with Crippen LogP contribution >= 0.6 is 11.3 Å².